The zero-order chi connectivity index (χ0) is 10.8. The van der Waals surface area contributed by atoms with E-state index in [9.17, 15) is 0 Å². The Hall–Kier alpha value is -0.0800. The molecule has 88 valence electrons. The van der Waals surface area contributed by atoms with Gasteiger partial charge in [0.2, 0.25) is 0 Å². The lowest BCUT2D eigenvalue weighted by molar-refractivity contribution is 0.0696. The average molecular weight is 210 g/mol. The van der Waals surface area contributed by atoms with Crippen LogP contribution in [0.1, 0.15) is 33.1 Å². The van der Waals surface area contributed by atoms with Gasteiger partial charge in [-0.3, -0.25) is 0 Å². The van der Waals surface area contributed by atoms with Gasteiger partial charge in [-0.1, -0.05) is 6.42 Å². The van der Waals surface area contributed by atoms with Crippen LogP contribution < -0.4 is 0 Å². The highest BCUT2D eigenvalue weighted by molar-refractivity contribution is 4.82. The van der Waals surface area contributed by atoms with Crippen LogP contribution in [0.15, 0.2) is 0 Å². The maximum Gasteiger partial charge on any atom is 0.00388 e. The van der Waals surface area contributed by atoms with Crippen molar-refractivity contribution in [1.82, 2.24) is 9.80 Å². The minimum atomic E-state index is 0.733. The fourth-order valence-electron chi connectivity index (χ4n) is 3.29. The molecular formula is C13H26N2. The number of hydrogen-bond acceptors (Lipinski definition) is 2. The monoisotopic (exact) mass is 210 g/mol. The van der Waals surface area contributed by atoms with Crippen LogP contribution in [-0.2, 0) is 0 Å². The van der Waals surface area contributed by atoms with Crippen LogP contribution in [0.5, 0.6) is 0 Å². The fraction of sp³-hybridized carbons (Fsp3) is 1.00. The van der Waals surface area contributed by atoms with Crippen LogP contribution in [0.25, 0.3) is 0 Å². The van der Waals surface area contributed by atoms with Crippen LogP contribution in [-0.4, -0.2) is 49.1 Å². The highest BCUT2D eigenvalue weighted by Crippen LogP contribution is 2.26. The highest BCUT2D eigenvalue weighted by atomic mass is 15.2. The van der Waals surface area contributed by atoms with Crippen molar-refractivity contribution in [3.05, 3.63) is 0 Å². The largest absolute Gasteiger partial charge is 0.306 e. The summed E-state index contributed by atoms with van der Waals surface area (Å²) < 4.78 is 0. The molecule has 0 amide bonds. The summed E-state index contributed by atoms with van der Waals surface area (Å²) >= 11 is 0. The summed E-state index contributed by atoms with van der Waals surface area (Å²) in [5.41, 5.74) is 0. The predicted octanol–water partition coefficient (Wildman–Crippen LogP) is 2.06. The fourth-order valence-corrected chi connectivity index (χ4v) is 3.29. The van der Waals surface area contributed by atoms with Crippen molar-refractivity contribution in [2.24, 2.45) is 11.8 Å². The molecule has 0 saturated carbocycles. The first-order valence-electron chi connectivity index (χ1n) is 6.57. The van der Waals surface area contributed by atoms with Crippen molar-refractivity contribution in [2.75, 3.05) is 33.2 Å². The van der Waals surface area contributed by atoms with E-state index in [2.05, 4.69) is 30.7 Å². The summed E-state index contributed by atoms with van der Waals surface area (Å²) in [6.45, 7) is 10.00. The Labute approximate surface area is 94.6 Å². The molecule has 3 saturated heterocycles. The molecule has 3 fully saturated rings. The molecule has 2 nitrogen and oxygen atoms in total. The van der Waals surface area contributed by atoms with E-state index in [1.165, 1.54) is 45.4 Å². The maximum absolute atomic E-state index is 2.71. The van der Waals surface area contributed by atoms with Crippen LogP contribution in [0.2, 0.25) is 0 Å². The predicted molar refractivity (Wildman–Crippen MR) is 65.0 cm³/mol. The lowest BCUT2D eigenvalue weighted by atomic mass is 9.88. The minimum absolute atomic E-state index is 0.733. The third-order valence-corrected chi connectivity index (χ3v) is 4.08. The van der Waals surface area contributed by atoms with Crippen LogP contribution in [0, 0.1) is 11.8 Å². The molecule has 3 aliphatic heterocycles. The lowest BCUT2D eigenvalue weighted by Gasteiger charge is -2.41. The molecule has 3 rings (SSSR count). The molecule has 3 aliphatic rings. The topological polar surface area (TPSA) is 6.48 Å². The van der Waals surface area contributed by atoms with E-state index in [1.807, 2.05) is 0 Å². The van der Waals surface area contributed by atoms with Gasteiger partial charge in [0.1, 0.15) is 0 Å². The first kappa shape index (κ1) is 11.4. The van der Waals surface area contributed by atoms with Gasteiger partial charge in [0.15, 0.2) is 0 Å². The highest BCUT2D eigenvalue weighted by Gasteiger charge is 2.28. The van der Waals surface area contributed by atoms with Crippen molar-refractivity contribution >= 4 is 0 Å². The minimum Gasteiger partial charge on any atom is -0.306 e. The maximum atomic E-state index is 2.71. The number of nitrogens with zero attached hydrogens (tertiary/aromatic N) is 2. The molecule has 2 bridgehead atoms. The number of fused-ring (bicyclic) bond motifs is 6. The Morgan fingerprint density at radius 3 is 1.93 bits per heavy atom. The summed E-state index contributed by atoms with van der Waals surface area (Å²) in [5.74, 6) is 1.83. The summed E-state index contributed by atoms with van der Waals surface area (Å²) in [7, 11) is 2.30. The first-order valence-corrected chi connectivity index (χ1v) is 6.57. The standard InChI is InChI=1S/C13H26N2/c1-11(2)15-9-12-5-4-6-13(10-15)8-14(3)7-12/h11-13H,4-10H2,1-3H3. The average Bonchev–Trinajstić information content (AvgIpc) is 2.06. The van der Waals surface area contributed by atoms with Crippen molar-refractivity contribution in [3.8, 4) is 0 Å². The molecule has 0 aromatic rings. The van der Waals surface area contributed by atoms with Gasteiger partial charge in [-0.05, 0) is 45.6 Å². The van der Waals surface area contributed by atoms with Gasteiger partial charge < -0.3 is 9.80 Å². The van der Waals surface area contributed by atoms with E-state index in [0.717, 1.165) is 17.9 Å². The molecule has 3 heterocycles. The van der Waals surface area contributed by atoms with Gasteiger partial charge in [-0.25, -0.2) is 0 Å². The molecule has 15 heavy (non-hydrogen) atoms. The molecule has 0 radical (unpaired) electrons. The van der Waals surface area contributed by atoms with E-state index < -0.39 is 0 Å². The van der Waals surface area contributed by atoms with Crippen molar-refractivity contribution in [2.45, 2.75) is 39.2 Å². The summed E-state index contributed by atoms with van der Waals surface area (Å²) in [6, 6.07) is 0.733. The van der Waals surface area contributed by atoms with E-state index in [0.29, 0.717) is 0 Å². The summed E-state index contributed by atoms with van der Waals surface area (Å²) in [6.07, 6.45) is 4.36. The van der Waals surface area contributed by atoms with E-state index >= 15 is 0 Å². The van der Waals surface area contributed by atoms with Gasteiger partial charge in [0, 0.05) is 32.2 Å². The van der Waals surface area contributed by atoms with Crippen molar-refractivity contribution in [1.29, 1.82) is 0 Å². The number of rotatable bonds is 1. The van der Waals surface area contributed by atoms with E-state index in [1.54, 1.807) is 0 Å². The second-order valence-corrected chi connectivity index (χ2v) is 5.93. The molecule has 0 aromatic heterocycles. The third kappa shape index (κ3) is 2.94. The van der Waals surface area contributed by atoms with Crippen LogP contribution >= 0.6 is 0 Å². The van der Waals surface area contributed by atoms with Gasteiger partial charge in [0.05, 0.1) is 0 Å². The van der Waals surface area contributed by atoms with E-state index in [-0.39, 0.29) is 0 Å². The Morgan fingerprint density at radius 2 is 1.47 bits per heavy atom. The van der Waals surface area contributed by atoms with Crippen molar-refractivity contribution < 1.29 is 0 Å². The lowest BCUT2D eigenvalue weighted by Crippen LogP contribution is -2.48. The van der Waals surface area contributed by atoms with Crippen molar-refractivity contribution in [3.63, 3.8) is 0 Å². The van der Waals surface area contributed by atoms with E-state index in [4.69, 9.17) is 0 Å². The smallest absolute Gasteiger partial charge is 0.00388 e. The molecule has 0 spiro atoms. The zero-order valence-corrected chi connectivity index (χ0v) is 10.6. The van der Waals surface area contributed by atoms with Crippen LogP contribution in [0.3, 0.4) is 0 Å². The number of hydrogen-bond donors (Lipinski definition) is 0. The second kappa shape index (κ2) is 4.84. The molecular weight excluding hydrogens is 184 g/mol. The normalized spacial score (nSPS) is 35.2. The molecule has 2 unspecified atom stereocenters. The quantitative estimate of drug-likeness (QED) is 0.653. The van der Waals surface area contributed by atoms with Gasteiger partial charge in [0.25, 0.3) is 0 Å². The van der Waals surface area contributed by atoms with Gasteiger partial charge in [-0.15, -0.1) is 0 Å². The second-order valence-electron chi connectivity index (χ2n) is 5.93. The Bertz CT molecular complexity index is 187. The Balaban J connectivity index is 2.07. The zero-order valence-electron chi connectivity index (χ0n) is 10.6. The molecule has 0 aliphatic carbocycles. The Kier molecular flexibility index (Phi) is 3.68. The Morgan fingerprint density at radius 1 is 0.933 bits per heavy atom. The third-order valence-electron chi connectivity index (χ3n) is 4.08. The first-order chi connectivity index (χ1) is 7.15. The molecule has 0 N–H and O–H groups in total. The van der Waals surface area contributed by atoms with Gasteiger partial charge >= 0.3 is 0 Å². The summed E-state index contributed by atoms with van der Waals surface area (Å²) in [4.78, 5) is 5.27. The van der Waals surface area contributed by atoms with Crippen LogP contribution in [0.4, 0.5) is 0 Å². The molecule has 2 heteroatoms. The SMILES string of the molecule is CC(C)N1CC2CCCC(CN(C)C2)C1. The van der Waals surface area contributed by atoms with Gasteiger partial charge in [-0.2, -0.15) is 0 Å². The summed E-state index contributed by atoms with van der Waals surface area (Å²) in [5, 5.41) is 0. The molecule has 2 atom stereocenters. The molecule has 0 aromatic carbocycles.